The van der Waals surface area contributed by atoms with Crippen LogP contribution in [0.15, 0.2) is 63.8 Å². The van der Waals surface area contributed by atoms with Gasteiger partial charge < -0.3 is 24.8 Å². The molecule has 5 rings (SSSR count). The molecule has 9 nitrogen and oxygen atoms in total. The number of carboxylic acid groups (broad SMARTS) is 1. The minimum atomic E-state index is -1.13. The third-order valence-corrected chi connectivity index (χ3v) is 10.1. The Morgan fingerprint density at radius 1 is 0.939 bits per heavy atom. The average molecular weight is 687 g/mol. The highest BCUT2D eigenvalue weighted by molar-refractivity contribution is 7.80. The molecule has 1 radical (unpaired) electrons. The molecule has 0 aromatic heterocycles. The first-order valence-corrected chi connectivity index (χ1v) is 17.7. The van der Waals surface area contributed by atoms with Gasteiger partial charge in [-0.05, 0) is 101 Å². The van der Waals surface area contributed by atoms with Gasteiger partial charge in [-0.1, -0.05) is 51.5 Å². The summed E-state index contributed by atoms with van der Waals surface area (Å²) < 4.78 is 5.97. The number of piperidine rings is 1. The Morgan fingerprint density at radius 2 is 1.59 bits per heavy atom. The monoisotopic (exact) mass is 686 g/mol. The summed E-state index contributed by atoms with van der Waals surface area (Å²) in [5, 5.41) is 39.5. The molecular formula is C39H48N3O6S. The predicted molar refractivity (Wildman–Crippen MR) is 198 cm³/mol. The minimum Gasteiger partial charge on any atom is -0.508 e. The van der Waals surface area contributed by atoms with Crippen LogP contribution in [0, 0.1) is 0 Å². The second kappa shape index (κ2) is 14.9. The van der Waals surface area contributed by atoms with Crippen molar-refractivity contribution in [3.8, 4) is 28.2 Å². The molecule has 3 aliphatic rings. The molecule has 2 aromatic rings. The van der Waals surface area contributed by atoms with Crippen molar-refractivity contribution in [3.63, 3.8) is 0 Å². The smallest absolute Gasteiger partial charge is 0.336 e. The lowest BCUT2D eigenvalue weighted by atomic mass is 9.78. The fraction of sp³-hybridized carbons (Fsp3) is 0.462. The molecule has 261 valence electrons. The third-order valence-electron chi connectivity index (χ3n) is 9.72. The molecule has 1 fully saturated rings. The van der Waals surface area contributed by atoms with E-state index in [1.807, 2.05) is 27.7 Å². The summed E-state index contributed by atoms with van der Waals surface area (Å²) in [5.41, 5.74) is 1.09. The maximum atomic E-state index is 13.2. The number of carboxylic acids is 1. The second-order valence-corrected chi connectivity index (χ2v) is 15.0. The molecule has 2 heterocycles. The summed E-state index contributed by atoms with van der Waals surface area (Å²) >= 11 is 6.05. The van der Waals surface area contributed by atoms with Crippen molar-refractivity contribution in [1.82, 2.24) is 9.96 Å². The van der Waals surface area contributed by atoms with Crippen LogP contribution in [0.1, 0.15) is 103 Å². The summed E-state index contributed by atoms with van der Waals surface area (Å²) in [5.74, 6) is -0.853. The first kappa shape index (κ1) is 36.3. The zero-order valence-corrected chi connectivity index (χ0v) is 30.0. The van der Waals surface area contributed by atoms with Gasteiger partial charge in [0.2, 0.25) is 0 Å². The zero-order chi connectivity index (χ0) is 35.5. The molecule has 0 spiro atoms. The average Bonchev–Trinajstić information content (AvgIpc) is 3.03. The number of aromatic carboxylic acids is 1. The predicted octanol–water partition coefficient (Wildman–Crippen LogP) is 9.09. The van der Waals surface area contributed by atoms with E-state index in [0.29, 0.717) is 51.3 Å². The van der Waals surface area contributed by atoms with Gasteiger partial charge >= 0.3 is 5.97 Å². The zero-order valence-electron chi connectivity index (χ0n) is 29.2. The summed E-state index contributed by atoms with van der Waals surface area (Å²) in [6.07, 6.45) is 9.45. The number of nitrogens with one attached hydrogen (secondary N) is 1. The van der Waals surface area contributed by atoms with E-state index in [1.165, 1.54) is 61.4 Å². The Hall–Kier alpha value is -3.99. The third kappa shape index (κ3) is 8.09. The van der Waals surface area contributed by atoms with Crippen molar-refractivity contribution < 1.29 is 24.6 Å². The normalized spacial score (nSPS) is 16.2. The maximum absolute atomic E-state index is 13.2. The Kier molecular flexibility index (Phi) is 11.0. The minimum absolute atomic E-state index is 0.0138. The van der Waals surface area contributed by atoms with E-state index in [4.69, 9.17) is 16.6 Å². The van der Waals surface area contributed by atoms with Crippen LogP contribution < -0.4 is 10.7 Å². The summed E-state index contributed by atoms with van der Waals surface area (Å²) in [7, 11) is 0. The van der Waals surface area contributed by atoms with E-state index >= 15 is 0 Å². The van der Waals surface area contributed by atoms with Gasteiger partial charge in [0.15, 0.2) is 10.5 Å². The van der Waals surface area contributed by atoms with E-state index in [9.17, 15) is 25.0 Å². The standard InChI is InChI=1S/C39H48N3O6S/c1-6-7-8-9-10-11-12-19-41(26-23-38(2,3)42(47)39(4,5)24-26)37(49)40-25-13-16-29(32(20-25)36(45)46)35-30-17-14-27(43)21-33(30)48-34-22-28(44)15-18-31(34)35/h13-18,20-22,26,43H,6-12,19,23-24H2,1-5H3,(H,40,49)(H,45,46). The number of thiocarbonyl (C=S) groups is 1. The number of phenolic OH excluding ortho intramolecular Hbond substituents is 1. The number of nitrogens with zero attached hydrogens (tertiary/aromatic N) is 2. The van der Waals surface area contributed by atoms with Crippen molar-refractivity contribution in [2.45, 2.75) is 110 Å². The Labute approximate surface area is 293 Å². The summed E-state index contributed by atoms with van der Waals surface area (Å²) in [6.45, 7) is 10.9. The quantitative estimate of drug-likeness (QED) is 0.0760. The first-order chi connectivity index (χ1) is 23.2. The lowest BCUT2D eigenvalue weighted by molar-refractivity contribution is -0.293. The van der Waals surface area contributed by atoms with Gasteiger partial charge in [0, 0.05) is 58.0 Å². The highest BCUT2D eigenvalue weighted by atomic mass is 32.1. The molecule has 1 aliphatic carbocycles. The van der Waals surface area contributed by atoms with Gasteiger partial charge in [0.05, 0.1) is 5.56 Å². The van der Waals surface area contributed by atoms with Crippen LogP contribution >= 0.6 is 12.2 Å². The lowest BCUT2D eigenvalue weighted by Gasteiger charge is -2.52. The van der Waals surface area contributed by atoms with E-state index < -0.39 is 17.0 Å². The number of fused-ring (bicyclic) bond motifs is 2. The van der Waals surface area contributed by atoms with Crippen molar-refractivity contribution in [2.75, 3.05) is 11.9 Å². The largest absolute Gasteiger partial charge is 0.508 e. The Morgan fingerprint density at radius 3 is 2.27 bits per heavy atom. The topological polar surface area (TPSA) is 126 Å². The van der Waals surface area contributed by atoms with Crippen molar-refractivity contribution >= 4 is 40.0 Å². The fourth-order valence-electron chi connectivity index (χ4n) is 7.48. The molecule has 0 atom stereocenters. The van der Waals surface area contributed by atoms with Gasteiger partial charge in [0.1, 0.15) is 17.1 Å². The molecule has 2 aliphatic heterocycles. The van der Waals surface area contributed by atoms with Crippen LogP contribution in [0.3, 0.4) is 0 Å². The van der Waals surface area contributed by atoms with Crippen LogP contribution in [0.5, 0.6) is 5.75 Å². The number of hydroxylamine groups is 2. The van der Waals surface area contributed by atoms with Gasteiger partial charge in [-0.2, -0.15) is 0 Å². The van der Waals surface area contributed by atoms with Gasteiger partial charge in [0.25, 0.3) is 0 Å². The van der Waals surface area contributed by atoms with E-state index in [0.717, 1.165) is 19.4 Å². The molecule has 0 amide bonds. The fourth-order valence-corrected chi connectivity index (χ4v) is 7.84. The van der Waals surface area contributed by atoms with Crippen LogP contribution in [0.2, 0.25) is 0 Å². The number of anilines is 1. The Bertz CT molecular complexity index is 1830. The Balaban J connectivity index is 1.48. The van der Waals surface area contributed by atoms with Crippen LogP contribution in [-0.4, -0.2) is 54.9 Å². The molecule has 2 aromatic carbocycles. The van der Waals surface area contributed by atoms with Crippen molar-refractivity contribution in [1.29, 1.82) is 0 Å². The van der Waals surface area contributed by atoms with Crippen molar-refractivity contribution in [3.05, 3.63) is 70.4 Å². The molecular weight excluding hydrogens is 639 g/mol. The number of unbranched alkanes of at least 4 members (excludes halogenated alkanes) is 6. The van der Waals surface area contributed by atoms with Crippen LogP contribution in [0.4, 0.5) is 5.69 Å². The lowest BCUT2D eigenvalue weighted by Crippen LogP contribution is -2.63. The van der Waals surface area contributed by atoms with Gasteiger partial charge in [-0.25, -0.2) is 4.79 Å². The molecule has 0 bridgehead atoms. The number of hydrogen-bond acceptors (Lipinski definition) is 6. The van der Waals surface area contributed by atoms with E-state index in [2.05, 4.69) is 17.1 Å². The number of rotatable bonds is 12. The second-order valence-electron chi connectivity index (χ2n) is 14.6. The van der Waals surface area contributed by atoms with E-state index in [-0.39, 0.29) is 28.5 Å². The SMILES string of the molecule is CCCCCCCCCN(C(=S)Nc1ccc(-c2c3ccc(=O)cc-3oc3cc(O)ccc23)c(C(=O)O)c1)C1CC(C)(C)N([O])C(C)(C)C1. The number of carbonyl (C=O) groups is 1. The first-order valence-electron chi connectivity index (χ1n) is 17.3. The molecule has 0 saturated carbocycles. The molecule has 3 N–H and O–H groups in total. The summed E-state index contributed by atoms with van der Waals surface area (Å²) in [6, 6.07) is 14.2. The van der Waals surface area contributed by atoms with Gasteiger partial charge in [-0.3, -0.25) is 4.79 Å². The highest BCUT2D eigenvalue weighted by Gasteiger charge is 2.48. The molecule has 49 heavy (non-hydrogen) atoms. The molecule has 0 unspecified atom stereocenters. The summed E-state index contributed by atoms with van der Waals surface area (Å²) in [4.78, 5) is 27.2. The molecule has 1 saturated heterocycles. The maximum Gasteiger partial charge on any atom is 0.336 e. The van der Waals surface area contributed by atoms with Gasteiger partial charge in [-0.15, -0.1) is 10.3 Å². The number of aromatic hydroxyl groups is 1. The molecule has 10 heteroatoms. The van der Waals surface area contributed by atoms with Crippen LogP contribution in [-0.2, 0) is 5.21 Å². The number of phenols is 1. The number of benzene rings is 3. The number of hydrogen-bond donors (Lipinski definition) is 3. The highest BCUT2D eigenvalue weighted by Crippen LogP contribution is 2.43. The van der Waals surface area contributed by atoms with Crippen LogP contribution in [0.25, 0.3) is 33.4 Å². The van der Waals surface area contributed by atoms with Crippen molar-refractivity contribution in [2.24, 2.45) is 0 Å². The van der Waals surface area contributed by atoms with E-state index in [1.54, 1.807) is 30.3 Å².